The summed E-state index contributed by atoms with van der Waals surface area (Å²) in [5.41, 5.74) is -1.29. The van der Waals surface area contributed by atoms with Gasteiger partial charge in [0.15, 0.2) is 0 Å². The van der Waals surface area contributed by atoms with Crippen LogP contribution < -0.4 is 14.9 Å². The molecule has 0 saturated heterocycles. The summed E-state index contributed by atoms with van der Waals surface area (Å²) in [5, 5.41) is -0.0915. The van der Waals surface area contributed by atoms with E-state index in [4.69, 9.17) is 30.2 Å². The van der Waals surface area contributed by atoms with Crippen molar-refractivity contribution in [2.75, 3.05) is 6.61 Å². The Morgan fingerprint density at radius 3 is 2.38 bits per heavy atom. The van der Waals surface area contributed by atoms with Crippen molar-refractivity contribution >= 4 is 28.5 Å². The number of hydrogen-bond acceptors (Lipinski definition) is 6. The van der Waals surface area contributed by atoms with Crippen molar-refractivity contribution in [2.45, 2.75) is 19.7 Å². The van der Waals surface area contributed by atoms with Crippen LogP contribution in [0.3, 0.4) is 0 Å². The Labute approximate surface area is 211 Å². The number of carbonyl (C=O) groups is 1. The van der Waals surface area contributed by atoms with Gasteiger partial charge in [0, 0.05) is 11.6 Å². The fourth-order valence-corrected chi connectivity index (χ4v) is 3.56. The van der Waals surface area contributed by atoms with Crippen molar-refractivity contribution in [1.29, 1.82) is 0 Å². The Morgan fingerprint density at radius 2 is 1.73 bits per heavy atom. The summed E-state index contributed by atoms with van der Waals surface area (Å²) in [4.78, 5) is 24.7. The zero-order chi connectivity index (χ0) is 26.7. The molecule has 0 unspecified atom stereocenters. The molecule has 0 N–H and O–H groups in total. The van der Waals surface area contributed by atoms with Gasteiger partial charge >= 0.3 is 12.1 Å². The molecule has 4 rings (SSSR count). The lowest BCUT2D eigenvalue weighted by Gasteiger charge is -2.14. The molecular weight excluding hydrogens is 520 g/mol. The number of rotatable bonds is 7. The number of benzene rings is 3. The van der Waals surface area contributed by atoms with Crippen LogP contribution in [0, 0.1) is 5.82 Å². The van der Waals surface area contributed by atoms with E-state index in [0.29, 0.717) is 0 Å². The minimum absolute atomic E-state index is 0.0197. The van der Waals surface area contributed by atoms with Crippen LogP contribution in [0.4, 0.5) is 17.6 Å². The fraction of sp³-hybridized carbons (Fsp3) is 0.154. The first-order valence-electron chi connectivity index (χ1n) is 10.8. The van der Waals surface area contributed by atoms with E-state index < -0.39 is 40.5 Å². The van der Waals surface area contributed by atoms with Crippen LogP contribution in [-0.2, 0) is 17.5 Å². The van der Waals surface area contributed by atoms with Gasteiger partial charge in [-0.2, -0.15) is 13.2 Å². The third kappa shape index (κ3) is 5.69. The zero-order valence-electron chi connectivity index (χ0n) is 19.0. The molecule has 6 nitrogen and oxygen atoms in total. The van der Waals surface area contributed by atoms with Gasteiger partial charge in [-0.05, 0) is 55.5 Å². The molecule has 1 aromatic heterocycles. The van der Waals surface area contributed by atoms with E-state index in [2.05, 4.69) is 0 Å². The molecule has 192 valence electrons. The van der Waals surface area contributed by atoms with Crippen LogP contribution in [0.15, 0.2) is 69.9 Å². The second-order valence-corrected chi connectivity index (χ2v) is 7.99. The summed E-state index contributed by atoms with van der Waals surface area (Å²) in [6.45, 7) is 1.46. The SMILES string of the molecule is CCOC(=O)c1ccc(Oc2c(C(F)(F)F)oc3cc(OCc4c(F)cccc4Cl)ccc3c2=O)cc1. The van der Waals surface area contributed by atoms with Crippen LogP contribution >= 0.6 is 11.6 Å². The summed E-state index contributed by atoms with van der Waals surface area (Å²) < 4.78 is 76.0. The average molecular weight is 537 g/mol. The highest BCUT2D eigenvalue weighted by atomic mass is 35.5. The van der Waals surface area contributed by atoms with Crippen molar-refractivity contribution in [1.82, 2.24) is 0 Å². The highest BCUT2D eigenvalue weighted by Crippen LogP contribution is 2.38. The maximum Gasteiger partial charge on any atom is 0.453 e. The molecule has 0 atom stereocenters. The minimum atomic E-state index is -5.08. The number of ether oxygens (including phenoxy) is 3. The summed E-state index contributed by atoms with van der Waals surface area (Å²) in [6, 6.07) is 12.7. The maximum atomic E-state index is 14.0. The molecule has 11 heteroatoms. The Kier molecular flexibility index (Phi) is 7.40. The van der Waals surface area contributed by atoms with Crippen molar-refractivity contribution in [3.05, 3.63) is 98.6 Å². The Hall–Kier alpha value is -4.05. The highest BCUT2D eigenvalue weighted by Gasteiger charge is 2.40. The van der Waals surface area contributed by atoms with E-state index in [9.17, 15) is 27.2 Å². The monoisotopic (exact) mass is 536 g/mol. The third-order valence-electron chi connectivity index (χ3n) is 5.11. The Bertz CT molecular complexity index is 1490. The average Bonchev–Trinajstić information content (AvgIpc) is 2.85. The van der Waals surface area contributed by atoms with Gasteiger partial charge in [-0.1, -0.05) is 17.7 Å². The van der Waals surface area contributed by atoms with Crippen molar-refractivity contribution in [3.63, 3.8) is 0 Å². The molecular formula is C26H17ClF4O6. The molecule has 0 amide bonds. The van der Waals surface area contributed by atoms with E-state index >= 15 is 0 Å². The third-order valence-corrected chi connectivity index (χ3v) is 5.46. The first kappa shape index (κ1) is 26.0. The molecule has 0 radical (unpaired) electrons. The molecule has 0 bridgehead atoms. The van der Waals surface area contributed by atoms with Crippen LogP contribution in [0.2, 0.25) is 5.02 Å². The van der Waals surface area contributed by atoms with Crippen molar-refractivity contribution in [3.8, 4) is 17.2 Å². The van der Waals surface area contributed by atoms with Crippen LogP contribution in [-0.4, -0.2) is 12.6 Å². The van der Waals surface area contributed by atoms with Crippen LogP contribution in [0.1, 0.15) is 28.6 Å². The molecule has 0 aliphatic rings. The molecule has 0 spiro atoms. The van der Waals surface area contributed by atoms with Crippen LogP contribution in [0.25, 0.3) is 11.0 Å². The summed E-state index contributed by atoms with van der Waals surface area (Å²) >= 11 is 5.96. The van der Waals surface area contributed by atoms with Crippen molar-refractivity contribution in [2.24, 2.45) is 0 Å². The van der Waals surface area contributed by atoms with Gasteiger partial charge in [0.2, 0.25) is 11.2 Å². The lowest BCUT2D eigenvalue weighted by atomic mass is 10.2. The number of carbonyl (C=O) groups excluding carboxylic acids is 1. The van der Waals surface area contributed by atoms with E-state index in [-0.39, 0.29) is 46.2 Å². The smallest absolute Gasteiger partial charge is 0.453 e. The maximum absolute atomic E-state index is 14.0. The van der Waals surface area contributed by atoms with Crippen LogP contribution in [0.5, 0.6) is 17.2 Å². The summed E-state index contributed by atoms with van der Waals surface area (Å²) in [7, 11) is 0. The molecule has 37 heavy (non-hydrogen) atoms. The quantitative estimate of drug-likeness (QED) is 0.184. The first-order valence-corrected chi connectivity index (χ1v) is 11.1. The van der Waals surface area contributed by atoms with Gasteiger partial charge in [0.05, 0.1) is 22.6 Å². The van der Waals surface area contributed by atoms with Gasteiger partial charge < -0.3 is 18.6 Å². The standard InChI is InChI=1S/C26H17ClF4O6/c1-2-34-25(33)14-6-8-15(9-7-14)36-23-22(32)17-11-10-16(12-21(17)37-24(23)26(29,30)31)35-13-18-19(27)4-3-5-20(18)28/h3-12H,2,13H2,1H3. The predicted octanol–water partition coefficient (Wildman–Crippen LogP) is 7.15. The van der Waals surface area contributed by atoms with Gasteiger partial charge in [-0.25, -0.2) is 9.18 Å². The fourth-order valence-electron chi connectivity index (χ4n) is 3.34. The Balaban J connectivity index is 1.67. The predicted molar refractivity (Wildman–Crippen MR) is 126 cm³/mol. The minimum Gasteiger partial charge on any atom is -0.489 e. The lowest BCUT2D eigenvalue weighted by molar-refractivity contribution is -0.154. The second-order valence-electron chi connectivity index (χ2n) is 7.58. The molecule has 0 saturated carbocycles. The van der Waals surface area contributed by atoms with Crippen molar-refractivity contribution < 1.29 is 41.0 Å². The highest BCUT2D eigenvalue weighted by molar-refractivity contribution is 6.31. The Morgan fingerprint density at radius 1 is 1.03 bits per heavy atom. The molecule has 1 heterocycles. The molecule has 3 aromatic carbocycles. The van der Waals surface area contributed by atoms with E-state index in [1.54, 1.807) is 6.92 Å². The topological polar surface area (TPSA) is 75.0 Å². The first-order chi connectivity index (χ1) is 17.6. The number of fused-ring (bicyclic) bond motifs is 1. The van der Waals surface area contributed by atoms with Gasteiger partial charge in [0.25, 0.3) is 5.76 Å². The molecule has 0 aliphatic carbocycles. The summed E-state index contributed by atoms with van der Waals surface area (Å²) in [6.07, 6.45) is -5.08. The molecule has 4 aromatic rings. The van der Waals surface area contributed by atoms with Gasteiger partial charge in [-0.15, -0.1) is 0 Å². The van der Waals surface area contributed by atoms with E-state index in [1.807, 2.05) is 0 Å². The van der Waals surface area contributed by atoms with E-state index in [0.717, 1.165) is 6.07 Å². The lowest BCUT2D eigenvalue weighted by Crippen LogP contribution is -2.15. The van der Waals surface area contributed by atoms with Gasteiger partial charge in [0.1, 0.15) is 29.5 Å². The zero-order valence-corrected chi connectivity index (χ0v) is 19.8. The molecule has 0 aliphatic heterocycles. The number of alkyl halides is 3. The number of halogens is 5. The normalized spacial score (nSPS) is 11.4. The number of hydrogen-bond donors (Lipinski definition) is 0. The van der Waals surface area contributed by atoms with Gasteiger partial charge in [-0.3, -0.25) is 4.79 Å². The largest absolute Gasteiger partial charge is 0.489 e. The number of esters is 1. The van der Waals surface area contributed by atoms with E-state index in [1.165, 1.54) is 54.6 Å². The summed E-state index contributed by atoms with van der Waals surface area (Å²) in [5.74, 6) is -4.08. The molecule has 0 fully saturated rings. The second kappa shape index (κ2) is 10.5.